The molecule has 104 valence electrons. The number of nitrogens with two attached hydrogens (primary N) is 1. The van der Waals surface area contributed by atoms with Crippen LogP contribution in [0.15, 0.2) is 12.4 Å². The van der Waals surface area contributed by atoms with Crippen LogP contribution in [0.25, 0.3) is 0 Å². The molecule has 4 nitrogen and oxygen atoms in total. The predicted octanol–water partition coefficient (Wildman–Crippen LogP) is 1.69. The van der Waals surface area contributed by atoms with Crippen molar-refractivity contribution in [3.05, 3.63) is 18.0 Å². The summed E-state index contributed by atoms with van der Waals surface area (Å²) in [6.07, 6.45) is -0.967. The lowest BCUT2D eigenvalue weighted by molar-refractivity contribution is -0.151. The average Bonchev–Trinajstić information content (AvgIpc) is 2.61. The van der Waals surface area contributed by atoms with Gasteiger partial charge in [0.1, 0.15) is 0 Å². The lowest BCUT2D eigenvalue weighted by Gasteiger charge is -2.33. The zero-order valence-electron chi connectivity index (χ0n) is 10.8. The van der Waals surface area contributed by atoms with E-state index in [1.54, 1.807) is 38.0 Å². The quantitative estimate of drug-likeness (QED) is 0.880. The first-order valence-electron chi connectivity index (χ1n) is 5.79. The maximum Gasteiger partial charge on any atom is 0.401 e. The normalized spacial score (nSPS) is 16.0. The van der Waals surface area contributed by atoms with Crippen LogP contribution in [0.3, 0.4) is 0 Å². The first-order valence-corrected chi connectivity index (χ1v) is 5.79. The lowest BCUT2D eigenvalue weighted by Crippen LogP contribution is -2.43. The van der Waals surface area contributed by atoms with Crippen LogP contribution in [-0.2, 0) is 7.05 Å². The van der Waals surface area contributed by atoms with Gasteiger partial charge in [-0.1, -0.05) is 6.92 Å². The molecule has 7 heteroatoms. The van der Waals surface area contributed by atoms with E-state index in [0.29, 0.717) is 5.56 Å². The third kappa shape index (κ3) is 3.99. The summed E-state index contributed by atoms with van der Waals surface area (Å²) in [4.78, 5) is 1.32. The molecule has 0 aliphatic carbocycles. The Labute approximate surface area is 105 Å². The molecule has 0 bridgehead atoms. The second-order valence-corrected chi connectivity index (χ2v) is 4.43. The molecule has 0 fully saturated rings. The zero-order chi connectivity index (χ0) is 13.9. The van der Waals surface area contributed by atoms with Gasteiger partial charge < -0.3 is 5.73 Å². The number of nitrogens with zero attached hydrogens (tertiary/aromatic N) is 3. The largest absolute Gasteiger partial charge is 0.401 e. The number of halogens is 3. The van der Waals surface area contributed by atoms with Crippen molar-refractivity contribution in [2.75, 3.05) is 13.1 Å². The number of hydrogen-bond acceptors (Lipinski definition) is 3. The third-order valence-corrected chi connectivity index (χ3v) is 2.75. The number of hydrogen-bond donors (Lipinski definition) is 1. The van der Waals surface area contributed by atoms with Crippen molar-refractivity contribution >= 4 is 0 Å². The van der Waals surface area contributed by atoms with Crippen LogP contribution in [0.4, 0.5) is 13.2 Å². The summed E-state index contributed by atoms with van der Waals surface area (Å²) in [5.74, 6) is 0. The number of aryl methyl sites for hydroxylation is 1. The molecular weight excluding hydrogens is 245 g/mol. The molecular formula is C11H19F3N4. The van der Waals surface area contributed by atoms with E-state index in [0.717, 1.165) is 0 Å². The minimum atomic E-state index is -4.23. The monoisotopic (exact) mass is 264 g/mol. The van der Waals surface area contributed by atoms with E-state index in [1.165, 1.54) is 4.90 Å². The van der Waals surface area contributed by atoms with Gasteiger partial charge in [0.2, 0.25) is 0 Å². The van der Waals surface area contributed by atoms with Gasteiger partial charge in [-0.15, -0.1) is 0 Å². The summed E-state index contributed by atoms with van der Waals surface area (Å²) in [7, 11) is 1.72. The van der Waals surface area contributed by atoms with E-state index in [4.69, 9.17) is 5.73 Å². The maximum atomic E-state index is 12.5. The van der Waals surface area contributed by atoms with Gasteiger partial charge in [0.25, 0.3) is 0 Å². The van der Waals surface area contributed by atoms with Crippen molar-refractivity contribution in [3.63, 3.8) is 0 Å². The number of rotatable bonds is 5. The molecule has 0 aliphatic heterocycles. The topological polar surface area (TPSA) is 47.1 Å². The molecule has 0 radical (unpaired) electrons. The molecule has 1 rings (SSSR count). The SMILES string of the molecule is CCN(CC(F)(F)F)C(c1cnn(C)c1)C(C)N. The summed E-state index contributed by atoms with van der Waals surface area (Å²) >= 11 is 0. The van der Waals surface area contributed by atoms with Crippen LogP contribution in [0, 0.1) is 0 Å². The molecule has 0 saturated heterocycles. The molecule has 0 amide bonds. The Morgan fingerprint density at radius 3 is 2.44 bits per heavy atom. The molecule has 0 spiro atoms. The van der Waals surface area contributed by atoms with Crippen molar-refractivity contribution < 1.29 is 13.2 Å². The molecule has 2 atom stereocenters. The molecule has 1 aromatic heterocycles. The summed E-state index contributed by atoms with van der Waals surface area (Å²) < 4.78 is 39.2. The van der Waals surface area contributed by atoms with Gasteiger partial charge in [-0.3, -0.25) is 9.58 Å². The highest BCUT2D eigenvalue weighted by atomic mass is 19.4. The van der Waals surface area contributed by atoms with Gasteiger partial charge in [-0.2, -0.15) is 18.3 Å². The fraction of sp³-hybridized carbons (Fsp3) is 0.727. The molecule has 1 heterocycles. The zero-order valence-corrected chi connectivity index (χ0v) is 10.8. The highest BCUT2D eigenvalue weighted by molar-refractivity contribution is 5.13. The summed E-state index contributed by atoms with van der Waals surface area (Å²) in [5, 5.41) is 3.99. The highest BCUT2D eigenvalue weighted by Crippen LogP contribution is 2.27. The number of aromatic nitrogens is 2. The van der Waals surface area contributed by atoms with Crippen LogP contribution in [0.1, 0.15) is 25.5 Å². The van der Waals surface area contributed by atoms with Crippen molar-refractivity contribution in [2.24, 2.45) is 12.8 Å². The fourth-order valence-corrected chi connectivity index (χ4v) is 2.08. The maximum absolute atomic E-state index is 12.5. The minimum Gasteiger partial charge on any atom is -0.326 e. The van der Waals surface area contributed by atoms with Gasteiger partial charge >= 0.3 is 6.18 Å². The van der Waals surface area contributed by atoms with Crippen molar-refractivity contribution in [2.45, 2.75) is 32.1 Å². The van der Waals surface area contributed by atoms with Crippen LogP contribution in [0.5, 0.6) is 0 Å². The Kier molecular flexibility index (Phi) is 4.75. The molecule has 0 aromatic carbocycles. The van der Waals surface area contributed by atoms with E-state index < -0.39 is 24.8 Å². The second kappa shape index (κ2) is 5.71. The predicted molar refractivity (Wildman–Crippen MR) is 62.9 cm³/mol. The molecule has 18 heavy (non-hydrogen) atoms. The van der Waals surface area contributed by atoms with E-state index >= 15 is 0 Å². The van der Waals surface area contributed by atoms with Gasteiger partial charge in [0, 0.05) is 24.8 Å². The van der Waals surface area contributed by atoms with Crippen LogP contribution in [0.2, 0.25) is 0 Å². The van der Waals surface area contributed by atoms with E-state index in [9.17, 15) is 13.2 Å². The Morgan fingerprint density at radius 1 is 1.50 bits per heavy atom. The Morgan fingerprint density at radius 2 is 2.11 bits per heavy atom. The van der Waals surface area contributed by atoms with E-state index in [1.807, 2.05) is 0 Å². The Balaban J connectivity index is 2.96. The van der Waals surface area contributed by atoms with E-state index in [2.05, 4.69) is 5.10 Å². The second-order valence-electron chi connectivity index (χ2n) is 4.43. The van der Waals surface area contributed by atoms with Gasteiger partial charge in [0.15, 0.2) is 0 Å². The summed E-state index contributed by atoms with van der Waals surface area (Å²) in [6.45, 7) is 2.71. The standard InChI is InChI=1S/C11H19F3N4/c1-4-18(7-11(12,13)14)10(8(2)15)9-5-16-17(3)6-9/h5-6,8,10H,4,7,15H2,1-3H3. The molecule has 2 N–H and O–H groups in total. The lowest BCUT2D eigenvalue weighted by atomic mass is 10.0. The molecule has 2 unspecified atom stereocenters. The van der Waals surface area contributed by atoms with E-state index in [-0.39, 0.29) is 6.54 Å². The summed E-state index contributed by atoms with van der Waals surface area (Å²) in [5.41, 5.74) is 6.53. The molecule has 0 saturated carbocycles. The Hall–Kier alpha value is -1.08. The van der Waals surface area contributed by atoms with Crippen molar-refractivity contribution in [1.82, 2.24) is 14.7 Å². The molecule has 1 aromatic rings. The van der Waals surface area contributed by atoms with Crippen LogP contribution in [-0.4, -0.2) is 40.0 Å². The van der Waals surface area contributed by atoms with Crippen molar-refractivity contribution in [3.8, 4) is 0 Å². The van der Waals surface area contributed by atoms with Crippen LogP contribution < -0.4 is 5.73 Å². The third-order valence-electron chi connectivity index (χ3n) is 2.75. The first-order chi connectivity index (χ1) is 8.24. The number of likely N-dealkylation sites (N-methyl/N-ethyl adjacent to an activating group) is 1. The van der Waals surface area contributed by atoms with Gasteiger partial charge in [0.05, 0.1) is 18.8 Å². The molecule has 0 aliphatic rings. The first kappa shape index (κ1) is 15.0. The van der Waals surface area contributed by atoms with Crippen LogP contribution >= 0.6 is 0 Å². The summed E-state index contributed by atoms with van der Waals surface area (Å²) in [6, 6.07) is -0.887. The highest BCUT2D eigenvalue weighted by Gasteiger charge is 2.35. The Bertz CT molecular complexity index is 373. The van der Waals surface area contributed by atoms with Gasteiger partial charge in [-0.05, 0) is 13.5 Å². The fourth-order valence-electron chi connectivity index (χ4n) is 2.08. The smallest absolute Gasteiger partial charge is 0.326 e. The van der Waals surface area contributed by atoms with Crippen molar-refractivity contribution in [1.29, 1.82) is 0 Å². The number of alkyl halides is 3. The average molecular weight is 264 g/mol. The van der Waals surface area contributed by atoms with Gasteiger partial charge in [-0.25, -0.2) is 0 Å². The minimum absolute atomic E-state index is 0.278.